The zero-order chi connectivity index (χ0) is 17.8. The first kappa shape index (κ1) is 17.3. The van der Waals surface area contributed by atoms with Crippen LogP contribution >= 0.6 is 23.2 Å². The monoisotopic (exact) mass is 377 g/mol. The Morgan fingerprint density at radius 1 is 1.20 bits per heavy atom. The number of hydrogen-bond donors (Lipinski definition) is 1. The molecule has 0 spiro atoms. The van der Waals surface area contributed by atoms with Gasteiger partial charge in [-0.3, -0.25) is 4.79 Å². The summed E-state index contributed by atoms with van der Waals surface area (Å²) in [4.78, 5) is 16.4. The van der Waals surface area contributed by atoms with Crippen molar-refractivity contribution in [2.45, 2.75) is 6.54 Å². The maximum Gasteiger partial charge on any atom is 0.251 e. The van der Waals surface area contributed by atoms with E-state index in [1.165, 1.54) is 6.07 Å². The smallest absolute Gasteiger partial charge is 0.251 e. The summed E-state index contributed by atoms with van der Waals surface area (Å²) in [6.07, 6.45) is 0. The summed E-state index contributed by atoms with van der Waals surface area (Å²) >= 11 is 11.7. The molecule has 0 aliphatic rings. The SMILES string of the molecule is COc1cccc(-c2noc(CNC(=O)c3ccc(Cl)c(Cl)c3)n2)c1. The predicted molar refractivity (Wildman–Crippen MR) is 93.9 cm³/mol. The number of halogens is 2. The van der Waals surface area contributed by atoms with Gasteiger partial charge in [0.05, 0.1) is 23.7 Å². The van der Waals surface area contributed by atoms with E-state index in [-0.39, 0.29) is 18.3 Å². The van der Waals surface area contributed by atoms with E-state index < -0.39 is 0 Å². The maximum atomic E-state index is 12.1. The van der Waals surface area contributed by atoms with Gasteiger partial charge < -0.3 is 14.6 Å². The molecule has 8 heteroatoms. The van der Waals surface area contributed by atoms with Crippen molar-refractivity contribution in [3.05, 3.63) is 64.0 Å². The zero-order valence-corrected chi connectivity index (χ0v) is 14.6. The number of ether oxygens (including phenoxy) is 1. The summed E-state index contributed by atoms with van der Waals surface area (Å²) in [6.45, 7) is 0.0933. The molecule has 1 amide bonds. The molecule has 1 aromatic heterocycles. The summed E-state index contributed by atoms with van der Waals surface area (Å²) < 4.78 is 10.3. The largest absolute Gasteiger partial charge is 0.497 e. The van der Waals surface area contributed by atoms with Crippen LogP contribution in [0.2, 0.25) is 10.0 Å². The zero-order valence-electron chi connectivity index (χ0n) is 13.1. The highest BCUT2D eigenvalue weighted by Crippen LogP contribution is 2.23. The molecule has 1 heterocycles. The number of aromatic nitrogens is 2. The van der Waals surface area contributed by atoms with E-state index in [2.05, 4.69) is 15.5 Å². The number of carbonyl (C=O) groups is 1. The number of hydrogen-bond acceptors (Lipinski definition) is 5. The van der Waals surface area contributed by atoms with Crippen LogP contribution < -0.4 is 10.1 Å². The Kier molecular flexibility index (Phi) is 5.21. The van der Waals surface area contributed by atoms with Gasteiger partial charge in [-0.25, -0.2) is 0 Å². The Morgan fingerprint density at radius 3 is 2.80 bits per heavy atom. The molecule has 1 N–H and O–H groups in total. The van der Waals surface area contributed by atoms with Crippen molar-refractivity contribution in [3.63, 3.8) is 0 Å². The standard InChI is InChI=1S/C17H13Cl2N3O3/c1-24-12-4-2-3-10(7-12)16-21-15(25-22-16)9-20-17(23)11-5-6-13(18)14(19)8-11/h2-8H,9H2,1H3,(H,20,23). The van der Waals surface area contributed by atoms with E-state index in [0.717, 1.165) is 5.56 Å². The maximum absolute atomic E-state index is 12.1. The van der Waals surface area contributed by atoms with Gasteiger partial charge in [0, 0.05) is 11.1 Å². The molecule has 0 atom stereocenters. The summed E-state index contributed by atoms with van der Waals surface area (Å²) in [7, 11) is 1.58. The minimum Gasteiger partial charge on any atom is -0.497 e. The van der Waals surface area contributed by atoms with Crippen LogP contribution in [0.15, 0.2) is 47.0 Å². The number of benzene rings is 2. The molecule has 25 heavy (non-hydrogen) atoms. The van der Waals surface area contributed by atoms with Crippen LogP contribution in [0.4, 0.5) is 0 Å². The quantitative estimate of drug-likeness (QED) is 0.727. The third kappa shape index (κ3) is 4.10. The Morgan fingerprint density at radius 2 is 2.04 bits per heavy atom. The fraction of sp³-hybridized carbons (Fsp3) is 0.118. The fourth-order valence-corrected chi connectivity index (χ4v) is 2.40. The van der Waals surface area contributed by atoms with Gasteiger partial charge in [-0.05, 0) is 30.3 Å². The van der Waals surface area contributed by atoms with Crippen molar-refractivity contribution >= 4 is 29.1 Å². The van der Waals surface area contributed by atoms with E-state index in [1.54, 1.807) is 25.3 Å². The summed E-state index contributed by atoms with van der Waals surface area (Å²) in [6, 6.07) is 11.9. The number of methoxy groups -OCH3 is 1. The molecule has 128 valence electrons. The molecule has 0 saturated carbocycles. The predicted octanol–water partition coefficient (Wildman–Crippen LogP) is 3.98. The molecule has 6 nitrogen and oxygen atoms in total. The molecule has 0 unspecified atom stereocenters. The van der Waals surface area contributed by atoms with E-state index >= 15 is 0 Å². The van der Waals surface area contributed by atoms with Crippen molar-refractivity contribution in [2.24, 2.45) is 0 Å². The molecule has 3 aromatic rings. The number of nitrogens with zero attached hydrogens (tertiary/aromatic N) is 2. The van der Waals surface area contributed by atoms with Gasteiger partial charge in [0.2, 0.25) is 11.7 Å². The van der Waals surface area contributed by atoms with Crippen LogP contribution in [0.5, 0.6) is 5.75 Å². The molecular weight excluding hydrogens is 365 g/mol. The number of amides is 1. The van der Waals surface area contributed by atoms with Crippen LogP contribution in [0.3, 0.4) is 0 Å². The van der Waals surface area contributed by atoms with Gasteiger partial charge in [0.15, 0.2) is 0 Å². The van der Waals surface area contributed by atoms with Crippen LogP contribution in [0.1, 0.15) is 16.2 Å². The van der Waals surface area contributed by atoms with Crippen LogP contribution in [-0.4, -0.2) is 23.2 Å². The minimum absolute atomic E-state index is 0.0933. The van der Waals surface area contributed by atoms with Crippen molar-refractivity contribution in [1.82, 2.24) is 15.5 Å². The summed E-state index contributed by atoms with van der Waals surface area (Å²) in [5, 5.41) is 7.29. The molecular formula is C17H13Cl2N3O3. The lowest BCUT2D eigenvalue weighted by atomic mass is 10.2. The topological polar surface area (TPSA) is 77.3 Å². The Labute approximate surface area is 153 Å². The summed E-state index contributed by atoms with van der Waals surface area (Å²) in [5.41, 5.74) is 1.15. The molecule has 0 fully saturated rings. The van der Waals surface area contributed by atoms with Gasteiger partial charge in [-0.1, -0.05) is 40.5 Å². The molecule has 3 rings (SSSR count). The van der Waals surface area contributed by atoms with Crippen molar-refractivity contribution in [2.75, 3.05) is 7.11 Å². The number of rotatable bonds is 5. The Hall–Kier alpha value is -2.57. The highest BCUT2D eigenvalue weighted by Gasteiger charge is 2.12. The number of carbonyl (C=O) groups excluding carboxylic acids is 1. The van der Waals surface area contributed by atoms with Gasteiger partial charge in [0.1, 0.15) is 5.75 Å². The molecule has 2 aromatic carbocycles. The molecule has 0 radical (unpaired) electrons. The lowest BCUT2D eigenvalue weighted by Gasteiger charge is -2.03. The Balaban J connectivity index is 1.67. The van der Waals surface area contributed by atoms with E-state index in [1.807, 2.05) is 18.2 Å². The van der Waals surface area contributed by atoms with Crippen LogP contribution in [0.25, 0.3) is 11.4 Å². The third-order valence-corrected chi connectivity index (χ3v) is 4.12. The lowest BCUT2D eigenvalue weighted by molar-refractivity contribution is 0.0946. The van der Waals surface area contributed by atoms with E-state index in [4.69, 9.17) is 32.5 Å². The second-order valence-electron chi connectivity index (χ2n) is 5.06. The van der Waals surface area contributed by atoms with Crippen molar-refractivity contribution in [1.29, 1.82) is 0 Å². The molecule has 0 bridgehead atoms. The minimum atomic E-state index is -0.320. The van der Waals surface area contributed by atoms with Gasteiger partial charge in [-0.15, -0.1) is 0 Å². The average molecular weight is 378 g/mol. The van der Waals surface area contributed by atoms with E-state index in [0.29, 0.717) is 27.2 Å². The highest BCUT2D eigenvalue weighted by molar-refractivity contribution is 6.42. The van der Waals surface area contributed by atoms with Gasteiger partial charge in [0.25, 0.3) is 5.91 Å². The van der Waals surface area contributed by atoms with Crippen molar-refractivity contribution in [3.8, 4) is 17.1 Å². The lowest BCUT2D eigenvalue weighted by Crippen LogP contribution is -2.22. The average Bonchev–Trinajstić information content (AvgIpc) is 3.11. The van der Waals surface area contributed by atoms with Crippen LogP contribution in [-0.2, 0) is 6.54 Å². The summed E-state index contributed by atoms with van der Waals surface area (Å²) in [5.74, 6) is 1.07. The molecule has 0 aliphatic heterocycles. The number of nitrogens with one attached hydrogen (secondary N) is 1. The van der Waals surface area contributed by atoms with Crippen molar-refractivity contribution < 1.29 is 14.1 Å². The third-order valence-electron chi connectivity index (χ3n) is 3.38. The normalized spacial score (nSPS) is 10.5. The van der Waals surface area contributed by atoms with Gasteiger partial charge >= 0.3 is 0 Å². The Bertz CT molecular complexity index is 912. The molecule has 0 saturated heterocycles. The highest BCUT2D eigenvalue weighted by atomic mass is 35.5. The second kappa shape index (κ2) is 7.55. The first-order chi connectivity index (χ1) is 12.1. The first-order valence-electron chi connectivity index (χ1n) is 7.27. The van der Waals surface area contributed by atoms with E-state index in [9.17, 15) is 4.79 Å². The van der Waals surface area contributed by atoms with Crippen LogP contribution in [0, 0.1) is 0 Å². The second-order valence-corrected chi connectivity index (χ2v) is 5.87. The first-order valence-corrected chi connectivity index (χ1v) is 8.02. The molecule has 0 aliphatic carbocycles. The fourth-order valence-electron chi connectivity index (χ4n) is 2.10. The van der Waals surface area contributed by atoms with Gasteiger partial charge in [-0.2, -0.15) is 4.98 Å².